The van der Waals surface area contributed by atoms with Gasteiger partial charge in [0.05, 0.1) is 0 Å². The summed E-state index contributed by atoms with van der Waals surface area (Å²) in [7, 11) is 0. The third kappa shape index (κ3) is 5.94. The molecule has 0 heterocycles. The zero-order valence-electron chi connectivity index (χ0n) is 9.12. The number of aliphatic hydroxyl groups excluding tert-OH is 1. The maximum atomic E-state index is 11.4. The number of amides is 1. The zero-order valence-corrected chi connectivity index (χ0v) is 9.12. The van der Waals surface area contributed by atoms with E-state index < -0.39 is 0 Å². The maximum absolute atomic E-state index is 11.4. The summed E-state index contributed by atoms with van der Waals surface area (Å²) in [6, 6.07) is 0. The molecule has 0 bridgehead atoms. The van der Waals surface area contributed by atoms with Gasteiger partial charge in [0.15, 0.2) is 0 Å². The molecule has 0 aromatic rings. The molecule has 2 unspecified atom stereocenters. The van der Waals surface area contributed by atoms with Gasteiger partial charge in [-0.3, -0.25) is 4.79 Å². The molecule has 0 aliphatic carbocycles. The molecule has 0 aromatic carbocycles. The largest absolute Gasteiger partial charge is 0.396 e. The van der Waals surface area contributed by atoms with Crippen LogP contribution in [0.3, 0.4) is 0 Å². The van der Waals surface area contributed by atoms with Crippen molar-refractivity contribution in [3.8, 4) is 0 Å². The molecule has 0 fully saturated rings. The van der Waals surface area contributed by atoms with Crippen LogP contribution in [0.2, 0.25) is 0 Å². The van der Waals surface area contributed by atoms with Crippen LogP contribution in [0.25, 0.3) is 0 Å². The molecular formula is C10H22N2O2. The number of rotatable bonds is 7. The highest BCUT2D eigenvalue weighted by molar-refractivity contribution is 5.78. The van der Waals surface area contributed by atoms with Crippen molar-refractivity contribution in [2.24, 2.45) is 17.6 Å². The van der Waals surface area contributed by atoms with E-state index >= 15 is 0 Å². The van der Waals surface area contributed by atoms with Crippen LogP contribution in [0.1, 0.15) is 26.7 Å². The molecule has 0 spiro atoms. The van der Waals surface area contributed by atoms with Gasteiger partial charge in [0.1, 0.15) is 0 Å². The van der Waals surface area contributed by atoms with E-state index in [1.165, 1.54) is 0 Å². The number of carbonyl (C=O) groups is 1. The lowest BCUT2D eigenvalue weighted by atomic mass is 10.1. The fraction of sp³-hybridized carbons (Fsp3) is 0.900. The Morgan fingerprint density at radius 3 is 2.57 bits per heavy atom. The van der Waals surface area contributed by atoms with E-state index in [1.807, 2.05) is 13.8 Å². The van der Waals surface area contributed by atoms with Gasteiger partial charge >= 0.3 is 0 Å². The van der Waals surface area contributed by atoms with E-state index in [4.69, 9.17) is 10.8 Å². The fourth-order valence-corrected chi connectivity index (χ4v) is 1.15. The molecule has 14 heavy (non-hydrogen) atoms. The third-order valence-electron chi connectivity index (χ3n) is 2.29. The standard InChI is InChI=1S/C10H22N2O2/c1-8(4-6-13)7-12-10(14)9(2)3-5-11/h8-9,13H,3-7,11H2,1-2H3,(H,12,14). The minimum absolute atomic E-state index is 0.0127. The monoisotopic (exact) mass is 202 g/mol. The molecule has 0 saturated heterocycles. The molecule has 0 radical (unpaired) electrons. The predicted octanol–water partition coefficient (Wildman–Crippen LogP) is 0.106. The fourth-order valence-electron chi connectivity index (χ4n) is 1.15. The van der Waals surface area contributed by atoms with Gasteiger partial charge in [-0.05, 0) is 25.3 Å². The Morgan fingerprint density at radius 1 is 1.43 bits per heavy atom. The van der Waals surface area contributed by atoms with Crippen LogP contribution in [0.15, 0.2) is 0 Å². The van der Waals surface area contributed by atoms with Gasteiger partial charge in [0, 0.05) is 19.1 Å². The summed E-state index contributed by atoms with van der Waals surface area (Å²) in [6.45, 7) is 5.23. The Kier molecular flexibility index (Phi) is 7.42. The van der Waals surface area contributed by atoms with E-state index in [0.717, 1.165) is 12.8 Å². The van der Waals surface area contributed by atoms with Crippen LogP contribution >= 0.6 is 0 Å². The highest BCUT2D eigenvalue weighted by Crippen LogP contribution is 2.02. The summed E-state index contributed by atoms with van der Waals surface area (Å²) >= 11 is 0. The lowest BCUT2D eigenvalue weighted by molar-refractivity contribution is -0.124. The molecule has 0 aliphatic heterocycles. The normalized spacial score (nSPS) is 14.9. The lowest BCUT2D eigenvalue weighted by Gasteiger charge is -2.14. The first-order valence-electron chi connectivity index (χ1n) is 5.20. The zero-order chi connectivity index (χ0) is 11.0. The number of hydrogen-bond acceptors (Lipinski definition) is 3. The van der Waals surface area contributed by atoms with E-state index in [-0.39, 0.29) is 18.4 Å². The number of hydrogen-bond donors (Lipinski definition) is 3. The van der Waals surface area contributed by atoms with Crippen molar-refractivity contribution in [2.75, 3.05) is 19.7 Å². The third-order valence-corrected chi connectivity index (χ3v) is 2.29. The van der Waals surface area contributed by atoms with Crippen molar-refractivity contribution in [3.05, 3.63) is 0 Å². The first-order chi connectivity index (χ1) is 6.61. The van der Waals surface area contributed by atoms with Crippen LogP contribution < -0.4 is 11.1 Å². The number of nitrogens with one attached hydrogen (secondary N) is 1. The Balaban J connectivity index is 3.61. The van der Waals surface area contributed by atoms with Crippen LogP contribution in [-0.4, -0.2) is 30.7 Å². The highest BCUT2D eigenvalue weighted by atomic mass is 16.3. The highest BCUT2D eigenvalue weighted by Gasteiger charge is 2.12. The van der Waals surface area contributed by atoms with Gasteiger partial charge in [0.2, 0.25) is 5.91 Å². The number of carbonyl (C=O) groups excluding carboxylic acids is 1. The molecule has 0 aromatic heterocycles. The van der Waals surface area contributed by atoms with Crippen LogP contribution in [0.5, 0.6) is 0 Å². The average Bonchev–Trinajstić information content (AvgIpc) is 2.15. The Morgan fingerprint density at radius 2 is 2.07 bits per heavy atom. The summed E-state index contributed by atoms with van der Waals surface area (Å²) in [6.07, 6.45) is 1.45. The molecular weight excluding hydrogens is 180 g/mol. The van der Waals surface area contributed by atoms with Crippen molar-refractivity contribution in [3.63, 3.8) is 0 Å². The molecule has 4 nitrogen and oxygen atoms in total. The summed E-state index contributed by atoms with van der Waals surface area (Å²) in [5, 5.41) is 11.5. The molecule has 4 N–H and O–H groups in total. The molecule has 84 valence electrons. The number of aliphatic hydroxyl groups is 1. The van der Waals surface area contributed by atoms with Crippen LogP contribution in [0.4, 0.5) is 0 Å². The Hall–Kier alpha value is -0.610. The maximum Gasteiger partial charge on any atom is 0.222 e. The SMILES string of the molecule is CC(CCO)CNC(=O)C(C)CCN. The number of nitrogens with two attached hydrogens (primary N) is 1. The molecule has 0 rings (SSSR count). The summed E-state index contributed by atoms with van der Waals surface area (Å²) in [5.74, 6) is 0.371. The summed E-state index contributed by atoms with van der Waals surface area (Å²) in [4.78, 5) is 11.4. The minimum Gasteiger partial charge on any atom is -0.396 e. The van der Waals surface area contributed by atoms with Gasteiger partial charge in [0.25, 0.3) is 0 Å². The second-order valence-corrected chi connectivity index (χ2v) is 3.84. The first kappa shape index (κ1) is 13.4. The van der Waals surface area contributed by atoms with Crippen molar-refractivity contribution in [1.29, 1.82) is 0 Å². The molecule has 1 amide bonds. The van der Waals surface area contributed by atoms with Crippen LogP contribution in [0, 0.1) is 11.8 Å². The molecule has 0 aliphatic rings. The van der Waals surface area contributed by atoms with E-state index in [9.17, 15) is 4.79 Å². The van der Waals surface area contributed by atoms with Crippen LogP contribution in [-0.2, 0) is 4.79 Å². The second kappa shape index (κ2) is 7.76. The molecule has 0 saturated carbocycles. The Labute approximate surface area is 85.9 Å². The van der Waals surface area contributed by atoms with Crippen molar-refractivity contribution in [1.82, 2.24) is 5.32 Å². The van der Waals surface area contributed by atoms with Gasteiger partial charge in [-0.15, -0.1) is 0 Å². The quantitative estimate of drug-likeness (QED) is 0.548. The predicted molar refractivity (Wildman–Crippen MR) is 56.7 cm³/mol. The summed E-state index contributed by atoms with van der Waals surface area (Å²) < 4.78 is 0. The van der Waals surface area contributed by atoms with E-state index in [0.29, 0.717) is 19.0 Å². The minimum atomic E-state index is -0.0127. The van der Waals surface area contributed by atoms with Gasteiger partial charge in [-0.2, -0.15) is 0 Å². The summed E-state index contributed by atoms with van der Waals surface area (Å²) in [5.41, 5.74) is 5.36. The van der Waals surface area contributed by atoms with Gasteiger partial charge in [-0.25, -0.2) is 0 Å². The topological polar surface area (TPSA) is 75.3 Å². The molecule has 4 heteroatoms. The van der Waals surface area contributed by atoms with Gasteiger partial charge in [-0.1, -0.05) is 13.8 Å². The molecule has 2 atom stereocenters. The van der Waals surface area contributed by atoms with E-state index in [2.05, 4.69) is 5.32 Å². The first-order valence-corrected chi connectivity index (χ1v) is 5.20. The smallest absolute Gasteiger partial charge is 0.222 e. The Bertz CT molecular complexity index is 162. The van der Waals surface area contributed by atoms with Gasteiger partial charge < -0.3 is 16.2 Å². The van der Waals surface area contributed by atoms with E-state index in [1.54, 1.807) is 0 Å². The lowest BCUT2D eigenvalue weighted by Crippen LogP contribution is -2.33. The second-order valence-electron chi connectivity index (χ2n) is 3.84. The average molecular weight is 202 g/mol. The van der Waals surface area contributed by atoms with Crippen molar-refractivity contribution >= 4 is 5.91 Å². The van der Waals surface area contributed by atoms with Crippen molar-refractivity contribution < 1.29 is 9.90 Å². The van der Waals surface area contributed by atoms with Crippen molar-refractivity contribution in [2.45, 2.75) is 26.7 Å².